The Kier molecular flexibility index (Phi) is 6.67. The molecule has 0 fully saturated rings. The summed E-state index contributed by atoms with van der Waals surface area (Å²) >= 11 is 0. The fraction of sp³-hybridized carbons (Fsp3) is 0.409. The number of anilines is 1. The average molecular weight is 352 g/mol. The Hall–Kier alpha value is -2.33. The number of phenols is 1. The molecule has 1 atom stereocenters. The molecular formula is C22H28N2O2. The lowest BCUT2D eigenvalue weighted by Crippen LogP contribution is -2.16. The molecule has 0 aromatic heterocycles. The van der Waals surface area contributed by atoms with Crippen LogP contribution in [-0.2, 0) is 11.3 Å². The first-order valence-electron chi connectivity index (χ1n) is 9.63. The summed E-state index contributed by atoms with van der Waals surface area (Å²) < 4.78 is 0. The maximum absolute atomic E-state index is 9.38. The van der Waals surface area contributed by atoms with Crippen LogP contribution in [0.4, 0.5) is 5.69 Å². The molecule has 4 heteroatoms. The van der Waals surface area contributed by atoms with Gasteiger partial charge in [-0.25, -0.2) is 14.9 Å². The first-order valence-corrected chi connectivity index (χ1v) is 9.63. The number of aryl methyl sites for hydroxylation is 1. The predicted octanol–water partition coefficient (Wildman–Crippen LogP) is 5.77. The van der Waals surface area contributed by atoms with E-state index in [0.717, 1.165) is 17.7 Å². The zero-order valence-corrected chi connectivity index (χ0v) is 15.5. The lowest BCUT2D eigenvalue weighted by molar-refractivity contribution is 0.0875. The molecule has 1 N–H and O–H groups in total. The van der Waals surface area contributed by atoms with Crippen molar-refractivity contribution >= 4 is 12.0 Å². The predicted molar refractivity (Wildman–Crippen MR) is 106 cm³/mol. The highest BCUT2D eigenvalue weighted by atomic mass is 16.7. The lowest BCUT2D eigenvalue weighted by Gasteiger charge is -2.16. The maximum atomic E-state index is 9.38. The van der Waals surface area contributed by atoms with Crippen molar-refractivity contribution in [2.75, 3.05) is 5.06 Å². The summed E-state index contributed by atoms with van der Waals surface area (Å²) in [5, 5.41) is 11.1. The molecule has 0 spiro atoms. The van der Waals surface area contributed by atoms with Crippen molar-refractivity contribution in [3.63, 3.8) is 0 Å². The highest BCUT2D eigenvalue weighted by molar-refractivity contribution is 5.78. The topological polar surface area (TPSA) is 45.1 Å². The van der Waals surface area contributed by atoms with Crippen LogP contribution in [0.25, 0.3) is 0 Å². The van der Waals surface area contributed by atoms with E-state index in [9.17, 15) is 5.11 Å². The largest absolute Gasteiger partial charge is 0.508 e. The van der Waals surface area contributed by atoms with E-state index in [1.165, 1.54) is 44.1 Å². The van der Waals surface area contributed by atoms with E-state index in [1.54, 1.807) is 23.5 Å². The van der Waals surface area contributed by atoms with Crippen LogP contribution in [0.5, 0.6) is 5.75 Å². The van der Waals surface area contributed by atoms with Crippen molar-refractivity contribution in [2.24, 2.45) is 4.99 Å². The smallest absolute Gasteiger partial charge is 0.202 e. The SMILES string of the molecule is CCCCCCCCc1ccc(N2C=NC(c3ccc(O)cc3)O2)cc1. The van der Waals surface area contributed by atoms with Crippen LogP contribution in [0.1, 0.15) is 62.8 Å². The minimum atomic E-state index is -0.363. The quantitative estimate of drug-likeness (QED) is 0.582. The molecule has 0 aliphatic carbocycles. The summed E-state index contributed by atoms with van der Waals surface area (Å²) in [5.74, 6) is 0.244. The molecule has 4 nitrogen and oxygen atoms in total. The van der Waals surface area contributed by atoms with Gasteiger partial charge in [0.05, 0.1) is 5.69 Å². The van der Waals surface area contributed by atoms with Gasteiger partial charge < -0.3 is 5.11 Å². The Labute approximate surface area is 156 Å². The van der Waals surface area contributed by atoms with Gasteiger partial charge in [0.1, 0.15) is 12.1 Å². The van der Waals surface area contributed by atoms with Crippen molar-refractivity contribution in [1.29, 1.82) is 0 Å². The number of aliphatic imine (C=N–C) groups is 1. The number of hydrogen-bond donors (Lipinski definition) is 1. The average Bonchev–Trinajstić information content (AvgIpc) is 3.16. The van der Waals surface area contributed by atoms with Gasteiger partial charge in [-0.2, -0.15) is 0 Å². The second kappa shape index (κ2) is 9.39. The number of hydroxylamine groups is 1. The first-order chi connectivity index (χ1) is 12.8. The van der Waals surface area contributed by atoms with Gasteiger partial charge in [-0.15, -0.1) is 0 Å². The number of nitrogens with zero attached hydrogens (tertiary/aromatic N) is 2. The van der Waals surface area contributed by atoms with E-state index in [4.69, 9.17) is 4.84 Å². The molecular weight excluding hydrogens is 324 g/mol. The van der Waals surface area contributed by atoms with Crippen molar-refractivity contribution in [1.82, 2.24) is 0 Å². The monoisotopic (exact) mass is 352 g/mol. The molecule has 1 heterocycles. The second-order valence-electron chi connectivity index (χ2n) is 6.82. The van der Waals surface area contributed by atoms with Gasteiger partial charge in [0, 0.05) is 5.56 Å². The fourth-order valence-electron chi connectivity index (χ4n) is 3.12. The van der Waals surface area contributed by atoms with Gasteiger partial charge in [-0.1, -0.05) is 63.3 Å². The minimum Gasteiger partial charge on any atom is -0.508 e. The van der Waals surface area contributed by atoms with Gasteiger partial charge in [0.2, 0.25) is 6.23 Å². The van der Waals surface area contributed by atoms with Crippen molar-refractivity contribution in [2.45, 2.75) is 58.1 Å². The Bertz CT molecular complexity index is 695. The van der Waals surface area contributed by atoms with Crippen molar-refractivity contribution in [3.8, 4) is 5.75 Å². The number of phenolic OH excluding ortho intramolecular Hbond substituents is 1. The van der Waals surface area contributed by atoms with Gasteiger partial charge in [0.15, 0.2) is 0 Å². The van der Waals surface area contributed by atoms with Crippen molar-refractivity contribution < 1.29 is 9.94 Å². The minimum absolute atomic E-state index is 0.244. The molecule has 2 aromatic carbocycles. The Morgan fingerprint density at radius 2 is 1.62 bits per heavy atom. The Balaban J connectivity index is 1.47. The summed E-state index contributed by atoms with van der Waals surface area (Å²) in [7, 11) is 0. The first kappa shape index (κ1) is 18.5. The van der Waals surface area contributed by atoms with Crippen LogP contribution in [0.15, 0.2) is 53.5 Å². The highest BCUT2D eigenvalue weighted by Crippen LogP contribution is 2.29. The van der Waals surface area contributed by atoms with Crippen molar-refractivity contribution in [3.05, 3.63) is 59.7 Å². The number of unbranched alkanes of at least 4 members (excludes halogenated alkanes) is 5. The standard InChI is InChI=1S/C22H28N2O2/c1-2-3-4-5-6-7-8-18-9-13-20(14-10-18)24-17-23-22(26-24)19-11-15-21(25)16-12-19/h9-17,22,25H,2-8H2,1H3. The molecule has 1 unspecified atom stereocenters. The third kappa shape index (κ3) is 5.09. The number of benzene rings is 2. The van der Waals surface area contributed by atoms with Crippen LogP contribution in [0.2, 0.25) is 0 Å². The van der Waals surface area contributed by atoms with Gasteiger partial charge in [-0.05, 0) is 42.7 Å². The Morgan fingerprint density at radius 1 is 0.923 bits per heavy atom. The third-order valence-electron chi connectivity index (χ3n) is 4.71. The lowest BCUT2D eigenvalue weighted by atomic mass is 10.0. The molecule has 3 rings (SSSR count). The summed E-state index contributed by atoms with van der Waals surface area (Å²) in [5.41, 5.74) is 3.26. The van der Waals surface area contributed by atoms with E-state index >= 15 is 0 Å². The van der Waals surface area contributed by atoms with Gasteiger partial charge >= 0.3 is 0 Å². The van der Waals surface area contributed by atoms with E-state index in [-0.39, 0.29) is 12.0 Å². The highest BCUT2D eigenvalue weighted by Gasteiger charge is 2.21. The molecule has 0 radical (unpaired) electrons. The fourth-order valence-corrected chi connectivity index (χ4v) is 3.12. The van der Waals surface area contributed by atoms with Gasteiger partial charge in [0.25, 0.3) is 0 Å². The molecule has 0 bridgehead atoms. The zero-order chi connectivity index (χ0) is 18.2. The normalized spacial score (nSPS) is 16.3. The van der Waals surface area contributed by atoms with Crippen LogP contribution in [0.3, 0.4) is 0 Å². The van der Waals surface area contributed by atoms with Gasteiger partial charge in [-0.3, -0.25) is 0 Å². The molecule has 2 aromatic rings. The number of rotatable bonds is 9. The number of aromatic hydroxyl groups is 1. The summed E-state index contributed by atoms with van der Waals surface area (Å²) in [6.45, 7) is 2.25. The van der Waals surface area contributed by atoms with Crippen LogP contribution < -0.4 is 5.06 Å². The van der Waals surface area contributed by atoms with E-state index in [1.807, 2.05) is 12.1 Å². The second-order valence-corrected chi connectivity index (χ2v) is 6.82. The van der Waals surface area contributed by atoms with E-state index in [2.05, 4.69) is 36.2 Å². The van der Waals surface area contributed by atoms with Crippen LogP contribution in [0, 0.1) is 0 Å². The molecule has 138 valence electrons. The zero-order valence-electron chi connectivity index (χ0n) is 15.5. The molecule has 0 saturated heterocycles. The van der Waals surface area contributed by atoms with Crippen LogP contribution in [-0.4, -0.2) is 11.4 Å². The maximum Gasteiger partial charge on any atom is 0.202 e. The third-order valence-corrected chi connectivity index (χ3v) is 4.71. The summed E-state index contributed by atoms with van der Waals surface area (Å²) in [4.78, 5) is 10.3. The van der Waals surface area contributed by atoms with Crippen LogP contribution >= 0.6 is 0 Å². The molecule has 0 saturated carbocycles. The summed E-state index contributed by atoms with van der Waals surface area (Å²) in [6.07, 6.45) is 10.4. The molecule has 1 aliphatic rings. The van der Waals surface area contributed by atoms with E-state index < -0.39 is 0 Å². The molecule has 0 amide bonds. The van der Waals surface area contributed by atoms with E-state index in [0.29, 0.717) is 0 Å². The summed E-state index contributed by atoms with van der Waals surface area (Å²) in [6, 6.07) is 15.4. The number of hydrogen-bond acceptors (Lipinski definition) is 4. The molecule has 1 aliphatic heterocycles. The molecule has 26 heavy (non-hydrogen) atoms. The Morgan fingerprint density at radius 3 is 2.35 bits per heavy atom.